The summed E-state index contributed by atoms with van der Waals surface area (Å²) in [6.07, 6.45) is 0.594. The van der Waals surface area contributed by atoms with Gasteiger partial charge >= 0.3 is 0 Å². The van der Waals surface area contributed by atoms with Crippen LogP contribution in [0.5, 0.6) is 0 Å². The van der Waals surface area contributed by atoms with Gasteiger partial charge in [-0.05, 0) is 35.7 Å². The molecule has 24 heavy (non-hydrogen) atoms. The summed E-state index contributed by atoms with van der Waals surface area (Å²) in [4.78, 5) is 17.5. The maximum Gasteiger partial charge on any atom is 0.264 e. The first-order valence-corrected chi connectivity index (χ1v) is 8.28. The van der Waals surface area contributed by atoms with Crippen LogP contribution in [0, 0.1) is 6.92 Å². The molecule has 1 amide bonds. The number of carbonyl (C=O) groups excluding carboxylic acids is 1. The van der Waals surface area contributed by atoms with Crippen LogP contribution in [0.3, 0.4) is 0 Å². The number of rotatable bonds is 5. The third kappa shape index (κ3) is 4.15. The highest BCUT2D eigenvalue weighted by atomic mass is 35.5. The van der Waals surface area contributed by atoms with Gasteiger partial charge in [0.15, 0.2) is 0 Å². The molecule has 0 bridgehead atoms. The summed E-state index contributed by atoms with van der Waals surface area (Å²) in [6, 6.07) is 15.6. The predicted molar refractivity (Wildman–Crippen MR) is 95.1 cm³/mol. The Balaban J connectivity index is 1.51. The fraction of sp³-hybridized carbons (Fsp3) is 0.263. The lowest BCUT2D eigenvalue weighted by atomic mass is 10.0. The average Bonchev–Trinajstić information content (AvgIpc) is 3.02. The second kappa shape index (κ2) is 7.49. The summed E-state index contributed by atoms with van der Waals surface area (Å²) in [5, 5.41) is 7.66. The number of nitrogens with zero attached hydrogens (tertiary/aromatic N) is 1. The van der Waals surface area contributed by atoms with Crippen molar-refractivity contribution in [3.8, 4) is 0 Å². The summed E-state index contributed by atoms with van der Waals surface area (Å²) in [6.45, 7) is 2.52. The molecule has 0 saturated carbocycles. The van der Waals surface area contributed by atoms with E-state index in [1.807, 2.05) is 55.5 Å². The van der Waals surface area contributed by atoms with Crippen molar-refractivity contribution in [2.45, 2.75) is 32.4 Å². The van der Waals surface area contributed by atoms with Crippen molar-refractivity contribution in [3.63, 3.8) is 0 Å². The molecule has 1 atom stereocenters. The molecule has 2 aromatic carbocycles. The van der Waals surface area contributed by atoms with Gasteiger partial charge in [-0.15, -0.1) is 0 Å². The Morgan fingerprint density at radius 3 is 2.92 bits per heavy atom. The molecule has 3 rings (SSSR count). The highest BCUT2D eigenvalue weighted by molar-refractivity contribution is 6.30. The third-order valence-corrected chi connectivity index (χ3v) is 4.27. The number of benzene rings is 2. The van der Waals surface area contributed by atoms with Crippen LogP contribution >= 0.6 is 11.6 Å². The molecule has 5 heteroatoms. The minimum Gasteiger partial charge on any atom is -0.382 e. The minimum atomic E-state index is -0.553. The van der Waals surface area contributed by atoms with Gasteiger partial charge < -0.3 is 10.2 Å². The van der Waals surface area contributed by atoms with Gasteiger partial charge in [0.05, 0.1) is 5.71 Å². The van der Waals surface area contributed by atoms with Crippen molar-refractivity contribution >= 4 is 23.2 Å². The van der Waals surface area contributed by atoms with Gasteiger partial charge in [-0.3, -0.25) is 4.79 Å². The van der Waals surface area contributed by atoms with Crippen molar-refractivity contribution in [1.82, 2.24) is 5.32 Å². The fourth-order valence-electron chi connectivity index (χ4n) is 2.66. The Bertz CT molecular complexity index is 773. The summed E-state index contributed by atoms with van der Waals surface area (Å²) in [7, 11) is 0. The molecular formula is C19H19ClN2O2. The zero-order valence-corrected chi connectivity index (χ0v) is 14.2. The molecule has 0 aromatic heterocycles. The van der Waals surface area contributed by atoms with Crippen LogP contribution in [0.15, 0.2) is 53.7 Å². The van der Waals surface area contributed by atoms with Gasteiger partial charge in [-0.1, -0.05) is 53.2 Å². The first-order valence-electron chi connectivity index (χ1n) is 7.90. The van der Waals surface area contributed by atoms with Crippen molar-refractivity contribution in [1.29, 1.82) is 0 Å². The molecule has 1 aliphatic heterocycles. The average molecular weight is 343 g/mol. The SMILES string of the molecule is Cc1ccccc1CNC(=O)C1CC(Cc2cccc(Cl)c2)=NO1. The van der Waals surface area contributed by atoms with E-state index >= 15 is 0 Å². The van der Waals surface area contributed by atoms with Crippen molar-refractivity contribution < 1.29 is 9.63 Å². The maximum absolute atomic E-state index is 12.3. The fourth-order valence-corrected chi connectivity index (χ4v) is 2.87. The van der Waals surface area contributed by atoms with Crippen LogP contribution in [0.4, 0.5) is 0 Å². The number of oxime groups is 1. The number of nitrogens with one attached hydrogen (secondary N) is 1. The van der Waals surface area contributed by atoms with Crippen LogP contribution < -0.4 is 5.32 Å². The molecule has 1 heterocycles. The normalized spacial score (nSPS) is 16.4. The first-order chi connectivity index (χ1) is 11.6. The number of aryl methyl sites for hydroxylation is 1. The smallest absolute Gasteiger partial charge is 0.264 e. The zero-order chi connectivity index (χ0) is 16.9. The Kier molecular flexibility index (Phi) is 5.16. The molecule has 0 saturated heterocycles. The molecule has 1 N–H and O–H groups in total. The standard InChI is InChI=1S/C19H19ClN2O2/c1-13-5-2-3-7-15(13)12-21-19(23)18-11-17(22-24-18)10-14-6-4-8-16(20)9-14/h2-9,18H,10-12H2,1H3,(H,21,23). The van der Waals surface area contributed by atoms with Crippen LogP contribution in [-0.4, -0.2) is 17.7 Å². The van der Waals surface area contributed by atoms with E-state index in [0.717, 1.165) is 22.4 Å². The van der Waals surface area contributed by atoms with Crippen LogP contribution in [0.2, 0.25) is 5.02 Å². The molecule has 0 spiro atoms. The number of hydrogen-bond acceptors (Lipinski definition) is 3. The van der Waals surface area contributed by atoms with E-state index in [-0.39, 0.29) is 5.91 Å². The van der Waals surface area contributed by atoms with E-state index in [0.29, 0.717) is 24.4 Å². The van der Waals surface area contributed by atoms with Gasteiger partial charge in [0, 0.05) is 24.4 Å². The Hall–Kier alpha value is -2.33. The lowest BCUT2D eigenvalue weighted by Gasteiger charge is -2.11. The Labute approximate surface area is 146 Å². The third-order valence-electron chi connectivity index (χ3n) is 4.03. The molecule has 1 unspecified atom stereocenters. The lowest BCUT2D eigenvalue weighted by molar-refractivity contribution is -0.131. The van der Waals surface area contributed by atoms with Gasteiger partial charge in [-0.2, -0.15) is 0 Å². The summed E-state index contributed by atoms with van der Waals surface area (Å²) in [5.74, 6) is -0.136. The number of hydrogen-bond donors (Lipinski definition) is 1. The van der Waals surface area contributed by atoms with E-state index in [1.54, 1.807) is 0 Å². The van der Waals surface area contributed by atoms with E-state index in [1.165, 1.54) is 0 Å². The van der Waals surface area contributed by atoms with E-state index in [9.17, 15) is 4.79 Å². The Morgan fingerprint density at radius 2 is 2.12 bits per heavy atom. The molecule has 4 nitrogen and oxygen atoms in total. The lowest BCUT2D eigenvalue weighted by Crippen LogP contribution is -2.34. The topological polar surface area (TPSA) is 50.7 Å². The van der Waals surface area contributed by atoms with E-state index in [2.05, 4.69) is 10.5 Å². The van der Waals surface area contributed by atoms with E-state index in [4.69, 9.17) is 16.4 Å². The van der Waals surface area contributed by atoms with E-state index < -0.39 is 6.10 Å². The molecule has 0 aliphatic carbocycles. The van der Waals surface area contributed by atoms with Gasteiger partial charge in [0.2, 0.25) is 6.10 Å². The highest BCUT2D eigenvalue weighted by Crippen LogP contribution is 2.17. The Morgan fingerprint density at radius 1 is 1.29 bits per heavy atom. The highest BCUT2D eigenvalue weighted by Gasteiger charge is 2.27. The first kappa shape index (κ1) is 16.5. The number of halogens is 1. The number of carbonyl (C=O) groups is 1. The molecule has 2 aromatic rings. The van der Waals surface area contributed by atoms with Crippen molar-refractivity contribution in [2.24, 2.45) is 5.16 Å². The summed E-state index contributed by atoms with van der Waals surface area (Å²) < 4.78 is 0. The van der Waals surface area contributed by atoms with Crippen LogP contribution in [0.25, 0.3) is 0 Å². The molecule has 124 valence electrons. The maximum atomic E-state index is 12.3. The predicted octanol–water partition coefficient (Wildman–Crippen LogP) is 3.65. The van der Waals surface area contributed by atoms with Gasteiger partial charge in [0.25, 0.3) is 5.91 Å². The summed E-state index contributed by atoms with van der Waals surface area (Å²) in [5.41, 5.74) is 4.17. The van der Waals surface area contributed by atoms with Crippen molar-refractivity contribution in [3.05, 3.63) is 70.2 Å². The second-order valence-electron chi connectivity index (χ2n) is 5.91. The zero-order valence-electron chi connectivity index (χ0n) is 13.5. The minimum absolute atomic E-state index is 0.136. The molecular weight excluding hydrogens is 324 g/mol. The second-order valence-corrected chi connectivity index (χ2v) is 6.34. The largest absolute Gasteiger partial charge is 0.382 e. The monoisotopic (exact) mass is 342 g/mol. The molecule has 1 aliphatic rings. The molecule has 0 fully saturated rings. The van der Waals surface area contributed by atoms with Crippen molar-refractivity contribution in [2.75, 3.05) is 0 Å². The van der Waals surface area contributed by atoms with Crippen LogP contribution in [-0.2, 0) is 22.6 Å². The molecule has 0 radical (unpaired) electrons. The quantitative estimate of drug-likeness (QED) is 0.901. The van der Waals surface area contributed by atoms with Crippen LogP contribution in [0.1, 0.15) is 23.1 Å². The van der Waals surface area contributed by atoms with Gasteiger partial charge in [-0.25, -0.2) is 0 Å². The summed E-state index contributed by atoms with van der Waals surface area (Å²) >= 11 is 5.99. The van der Waals surface area contributed by atoms with Gasteiger partial charge in [0.1, 0.15) is 0 Å². The number of amides is 1.